The Balaban J connectivity index is 0.000000384. The number of hydrogen-bond donors (Lipinski definition) is 10. The van der Waals surface area contributed by atoms with E-state index >= 15 is 0 Å². The zero-order chi connectivity index (χ0) is 79.2. The van der Waals surface area contributed by atoms with Crippen molar-refractivity contribution in [1.82, 2.24) is 72.3 Å². The number of carboxylic acid groups (broad SMARTS) is 2. The molecule has 0 bridgehead atoms. The molecular formula is C75H104N14O18. The predicted octanol–water partition coefficient (Wildman–Crippen LogP) is 2.48. The van der Waals surface area contributed by atoms with Crippen LogP contribution < -0.4 is 42.5 Å². The summed E-state index contributed by atoms with van der Waals surface area (Å²) >= 11 is 0. The molecule has 2 saturated heterocycles. The summed E-state index contributed by atoms with van der Waals surface area (Å²) in [7, 11) is 1.37. The van der Waals surface area contributed by atoms with Crippen molar-refractivity contribution in [3.63, 3.8) is 0 Å². The Labute approximate surface area is 623 Å². The number of nitrogens with one attached hydrogen (secondary N) is 8. The molecule has 10 amide bonds. The Kier molecular flexibility index (Phi) is 35.2. The highest BCUT2D eigenvalue weighted by molar-refractivity contribution is 6.39. The van der Waals surface area contributed by atoms with Crippen molar-refractivity contribution in [3.05, 3.63) is 120 Å². The lowest BCUT2D eigenvalue weighted by molar-refractivity contribution is -0.147. The smallest absolute Gasteiger partial charge is 0.326 e. The number of aromatic nitrogens is 4. The number of nitrogens with zero attached hydrogens (tertiary/aromatic N) is 6. The average Bonchev–Trinajstić information content (AvgIpc) is 1.68. The average molecular weight is 1490 g/mol. The van der Waals surface area contributed by atoms with Crippen molar-refractivity contribution in [2.24, 2.45) is 23.7 Å². The predicted molar refractivity (Wildman–Crippen MR) is 389 cm³/mol. The molecule has 0 spiro atoms. The van der Waals surface area contributed by atoms with Crippen LogP contribution in [0, 0.1) is 23.7 Å². The van der Waals surface area contributed by atoms with Gasteiger partial charge in [-0.05, 0) is 81.3 Å². The third kappa shape index (κ3) is 25.1. The number of methoxy groups -OCH3 is 1. The van der Waals surface area contributed by atoms with Gasteiger partial charge in [0, 0.05) is 64.4 Å². The van der Waals surface area contributed by atoms with Crippen LogP contribution in [-0.4, -0.2) is 222 Å². The van der Waals surface area contributed by atoms with Gasteiger partial charge in [-0.15, -0.1) is 0 Å². The zero-order valence-corrected chi connectivity index (χ0v) is 62.8. The summed E-state index contributed by atoms with van der Waals surface area (Å²) in [6, 6.07) is 5.18. The maximum absolute atomic E-state index is 14.4. The van der Waals surface area contributed by atoms with Crippen LogP contribution in [0.5, 0.6) is 0 Å². The van der Waals surface area contributed by atoms with E-state index in [1.165, 1.54) is 54.1 Å². The number of rotatable bonds is 39. The third-order valence-corrected chi connectivity index (χ3v) is 18.8. The molecule has 14 atom stereocenters. The molecule has 4 heterocycles. The van der Waals surface area contributed by atoms with Crippen molar-refractivity contribution in [2.75, 3.05) is 26.8 Å². The van der Waals surface area contributed by atoms with Crippen LogP contribution in [0.15, 0.2) is 97.8 Å². The molecule has 10 N–H and O–H groups in total. The first-order valence-electron chi connectivity index (χ1n) is 36.3. The fourth-order valence-electron chi connectivity index (χ4n) is 12.7. The first-order chi connectivity index (χ1) is 51.0. The first kappa shape index (κ1) is 87.1. The van der Waals surface area contributed by atoms with E-state index in [-0.39, 0.29) is 68.6 Å². The van der Waals surface area contributed by atoms with Crippen LogP contribution in [0.3, 0.4) is 0 Å². The topological polar surface area (TPSA) is 452 Å². The lowest BCUT2D eigenvalue weighted by Crippen LogP contribution is -2.62. The quantitative estimate of drug-likeness (QED) is 0.0287. The van der Waals surface area contributed by atoms with Gasteiger partial charge in [0.15, 0.2) is 0 Å². The fourth-order valence-corrected chi connectivity index (χ4v) is 12.7. The molecule has 0 saturated carbocycles. The molecule has 582 valence electrons. The minimum atomic E-state index is -1.38. The van der Waals surface area contributed by atoms with Crippen molar-refractivity contribution < 1.29 is 86.8 Å². The van der Waals surface area contributed by atoms with Gasteiger partial charge in [-0.1, -0.05) is 142 Å². The van der Waals surface area contributed by atoms with Gasteiger partial charge in [-0.2, -0.15) is 0 Å². The summed E-state index contributed by atoms with van der Waals surface area (Å²) in [5.41, 5.74) is 1.30. The molecule has 2 aliphatic heterocycles. The van der Waals surface area contributed by atoms with Gasteiger partial charge < -0.3 is 72.0 Å². The summed E-state index contributed by atoms with van der Waals surface area (Å²) in [6.45, 7) is 19.7. The number of amides is 10. The van der Waals surface area contributed by atoms with Gasteiger partial charge in [-0.25, -0.2) is 19.6 Å². The van der Waals surface area contributed by atoms with E-state index in [9.17, 15) is 77.3 Å². The van der Waals surface area contributed by atoms with E-state index in [2.05, 4.69) is 62.5 Å². The van der Waals surface area contributed by atoms with Crippen LogP contribution in [0.25, 0.3) is 0 Å². The molecule has 4 aromatic rings. The fraction of sp³-hybridized carbons (Fsp3) is 0.547. The molecule has 32 nitrogen and oxygen atoms in total. The third-order valence-electron chi connectivity index (χ3n) is 18.8. The molecule has 32 heteroatoms. The number of hydrogen-bond acceptors (Lipinski definition) is 20. The van der Waals surface area contributed by atoms with Gasteiger partial charge in [0.1, 0.15) is 59.7 Å². The first-order valence-corrected chi connectivity index (χ1v) is 36.3. The second-order valence-electron chi connectivity index (χ2n) is 27.0. The second-order valence-corrected chi connectivity index (χ2v) is 27.0. The molecular weight excluding hydrogens is 1380 g/mol. The summed E-state index contributed by atoms with van der Waals surface area (Å²) in [6.07, 6.45) is 9.16. The van der Waals surface area contributed by atoms with E-state index in [0.717, 1.165) is 0 Å². The van der Waals surface area contributed by atoms with Gasteiger partial charge >= 0.3 is 11.9 Å². The number of carboxylic acids is 2. The highest BCUT2D eigenvalue weighted by Crippen LogP contribution is 2.31. The monoisotopic (exact) mass is 1490 g/mol. The van der Waals surface area contributed by atoms with Crippen molar-refractivity contribution in [1.29, 1.82) is 0 Å². The highest BCUT2D eigenvalue weighted by atomic mass is 16.5. The number of aliphatic carboxylic acids is 2. The standard InChI is InChI=1S/C38H53N7O9.C37H51N7O9/c1-7-13-26(32(46)36(50)42-27(38(52)53)20-24-14-11-10-12-15-24)41-35(49)31-25(8-2)16-19-45(31)37(51)30(23(6)54-9-3)44-34(48)29(22(4)5)43-33(47)28-21-39-17-18-40-28;1-7-12-25(31(45)35(49)41-26(37(51)52)19-23-13-10-9-11-14-23)40-34(48)30-24(8-2)15-18-44(30)36(50)29(22(5)53-6)43-33(47)28(21(3)4)42-32(46)27-20-38-16-17-39-27/h10-12,14-15,17-18,21-23,25-27,29-31H,7-9,13,16,19-20H2,1-6H3,(H,41,49)(H,42,50)(H,43,47)(H,44,48)(H,52,53);9-11,13-14,16-17,20-22,24-26,28-30H,7-8,12,15,18-19H2,1-6H3,(H,40,48)(H,41,49)(H,42,46)(H,43,47)(H,51,52)/t23-,25+,26?,27+,29+,30+,31+;22-,24+,25?,26+,28+,29+,30+/m11/s1. The summed E-state index contributed by atoms with van der Waals surface area (Å²) in [5, 5.41) is 40.2. The lowest BCUT2D eigenvalue weighted by atomic mass is 9.95. The second kappa shape index (κ2) is 43.2. The maximum Gasteiger partial charge on any atom is 0.326 e. The van der Waals surface area contributed by atoms with Crippen molar-refractivity contribution >= 4 is 82.6 Å². The molecule has 107 heavy (non-hydrogen) atoms. The van der Waals surface area contributed by atoms with Gasteiger partial charge in [0.2, 0.25) is 47.0 Å². The summed E-state index contributed by atoms with van der Waals surface area (Å²) in [4.78, 5) is 205. The molecule has 2 aromatic heterocycles. The molecule has 2 aromatic carbocycles. The van der Waals surface area contributed by atoms with Crippen molar-refractivity contribution in [2.45, 2.75) is 213 Å². The largest absolute Gasteiger partial charge is 0.480 e. The van der Waals surface area contributed by atoms with Crippen LogP contribution in [0.2, 0.25) is 0 Å². The minimum Gasteiger partial charge on any atom is -0.480 e. The summed E-state index contributed by atoms with van der Waals surface area (Å²) in [5.74, 6) is -13.4. The van der Waals surface area contributed by atoms with Crippen LogP contribution in [-0.2, 0) is 79.8 Å². The molecule has 2 fully saturated rings. The molecule has 0 aliphatic carbocycles. The number of carbonyl (C=O) groups excluding carboxylic acids is 12. The van der Waals surface area contributed by atoms with Crippen LogP contribution >= 0.6 is 0 Å². The number of Topliss-reactive ketones (excluding diaryl/α,β-unsaturated/α-hetero) is 2. The van der Waals surface area contributed by atoms with E-state index in [4.69, 9.17) is 9.47 Å². The van der Waals surface area contributed by atoms with E-state index < -0.39 is 167 Å². The van der Waals surface area contributed by atoms with E-state index in [1.54, 1.807) is 123 Å². The molecule has 2 unspecified atom stereocenters. The summed E-state index contributed by atoms with van der Waals surface area (Å²) < 4.78 is 11.2. The van der Waals surface area contributed by atoms with Crippen molar-refractivity contribution in [3.8, 4) is 0 Å². The Hall–Kier alpha value is -10.5. The minimum absolute atomic E-state index is 0.00610. The van der Waals surface area contributed by atoms with E-state index in [1.807, 2.05) is 13.8 Å². The Bertz CT molecular complexity index is 3670. The van der Waals surface area contributed by atoms with Crippen LogP contribution in [0.4, 0.5) is 0 Å². The van der Waals surface area contributed by atoms with Crippen LogP contribution in [0.1, 0.15) is 160 Å². The zero-order valence-electron chi connectivity index (χ0n) is 62.8. The van der Waals surface area contributed by atoms with E-state index in [0.29, 0.717) is 49.7 Å². The number of carbonyl (C=O) groups is 14. The Morgan fingerprint density at radius 3 is 1.16 bits per heavy atom. The number of ether oxygens (including phenoxy) is 2. The molecule has 6 rings (SSSR count). The lowest BCUT2D eigenvalue weighted by Gasteiger charge is -2.34. The number of likely N-dealkylation sites (tertiary alicyclic amines) is 2. The van der Waals surface area contributed by atoms with Gasteiger partial charge in [0.05, 0.1) is 36.7 Å². The number of ketones is 2. The Morgan fingerprint density at radius 2 is 0.850 bits per heavy atom. The van der Waals surface area contributed by atoms with Gasteiger partial charge in [0.25, 0.3) is 23.6 Å². The molecule has 0 radical (unpaired) electrons. The highest BCUT2D eigenvalue weighted by Gasteiger charge is 2.48. The Morgan fingerprint density at radius 1 is 0.477 bits per heavy atom. The normalized spacial score (nSPS) is 18.1. The molecule has 2 aliphatic rings. The van der Waals surface area contributed by atoms with Gasteiger partial charge in [-0.3, -0.25) is 67.5 Å². The SMILES string of the molecule is CCCC(NC(=O)[C@@H]1[C@@H](CC)CCN1C(=O)[C@@H](NC(=O)[C@@H](NC(=O)c1cnccn1)C(C)C)[C@@H](C)OC)C(=O)C(=O)N[C@@H](Cc1ccccc1)C(=O)O.CCCC(NC(=O)[C@@H]1[C@@H](CC)CCN1C(=O)[C@@H](NC(=O)[C@@H](NC(=O)c1cnccn1)C(C)C)[C@@H](C)OCC)C(=O)C(=O)N[C@@H](Cc1ccccc1)C(=O)O. The maximum atomic E-state index is 14.4. The number of benzene rings is 2.